The normalized spacial score (nSPS) is 10.1. The molecule has 36 valence electrons. The third-order valence-corrected chi connectivity index (χ3v) is 0.657. The molecule has 0 aliphatic carbocycles. The molecule has 0 amide bonds. The number of hydrogen-bond acceptors (Lipinski definition) is 0. The van der Waals surface area contributed by atoms with Gasteiger partial charge in [-0.2, -0.15) is 0 Å². The third kappa shape index (κ3) is 6.00. The monoisotopic (exact) mass is 92.1 g/mol. The average Bonchev–Trinajstić information content (AvgIpc) is 1.61. The van der Waals surface area contributed by atoms with E-state index in [0.717, 1.165) is 0 Å². The number of hydrogen-bond donors (Lipinski definition) is 0. The second kappa shape index (κ2) is 4.17. The van der Waals surface area contributed by atoms with Gasteiger partial charge >= 0.3 is 46.7 Å². The van der Waals surface area contributed by atoms with Crippen molar-refractivity contribution in [2.45, 2.75) is 26.0 Å². The van der Waals surface area contributed by atoms with Crippen molar-refractivity contribution in [2.24, 2.45) is 0 Å². The van der Waals surface area contributed by atoms with Crippen LogP contribution in [0.15, 0.2) is 0 Å². The van der Waals surface area contributed by atoms with Gasteiger partial charge in [0.15, 0.2) is 0 Å². The minimum absolute atomic E-state index is 0.642. The fraction of sp³-hybridized carbons (Fsp3) is 0.800. The van der Waals surface area contributed by atoms with Gasteiger partial charge in [-0.3, -0.25) is 0 Å². The standard InChI is InChI=1S/C5H10B2/c1-5(2)7-4-3-6/h4-5H,3H2,1-2H3. The molecule has 2 heteroatoms. The summed E-state index contributed by atoms with van der Waals surface area (Å²) in [6.45, 7) is 6.36. The zero-order valence-electron chi connectivity index (χ0n) is 5.02. The topological polar surface area (TPSA) is 0 Å². The van der Waals surface area contributed by atoms with Gasteiger partial charge in [0.2, 0.25) is 0 Å². The van der Waals surface area contributed by atoms with Crippen molar-refractivity contribution in [3.8, 4) is 0 Å². The van der Waals surface area contributed by atoms with Crippen LogP contribution in [0.4, 0.5) is 0 Å². The van der Waals surface area contributed by atoms with Crippen LogP contribution in [-0.4, -0.2) is 20.7 Å². The molecule has 0 atom stereocenters. The Morgan fingerprint density at radius 2 is 2.29 bits per heavy atom. The molecule has 0 unspecified atom stereocenters. The maximum atomic E-state index is 5.19. The van der Waals surface area contributed by atoms with Crippen molar-refractivity contribution in [3.05, 3.63) is 0 Å². The predicted molar refractivity (Wildman–Crippen MR) is 37.5 cm³/mol. The Morgan fingerprint density at radius 3 is 2.43 bits per heavy atom. The van der Waals surface area contributed by atoms with Crippen molar-refractivity contribution in [2.75, 3.05) is 0 Å². The van der Waals surface area contributed by atoms with E-state index in [4.69, 9.17) is 7.85 Å². The fourth-order valence-electron chi connectivity index (χ4n) is 0.351. The van der Waals surface area contributed by atoms with E-state index in [1.54, 1.807) is 0 Å². The van der Waals surface area contributed by atoms with Crippen LogP contribution in [0.5, 0.6) is 0 Å². The molecular formula is C5H10B2. The minimum atomic E-state index is 0.642. The van der Waals surface area contributed by atoms with Crippen LogP contribution in [0.2, 0.25) is 12.1 Å². The molecule has 0 aliphatic rings. The third-order valence-electron chi connectivity index (χ3n) is 0.657. The molecule has 0 aromatic carbocycles. The van der Waals surface area contributed by atoms with Crippen molar-refractivity contribution in [1.82, 2.24) is 0 Å². The number of rotatable bonds is 2. The fourth-order valence-corrected chi connectivity index (χ4v) is 0.351. The molecule has 0 bridgehead atoms. The van der Waals surface area contributed by atoms with E-state index in [1.807, 2.05) is 5.97 Å². The zero-order valence-corrected chi connectivity index (χ0v) is 5.02. The molecule has 0 aliphatic heterocycles. The first-order chi connectivity index (χ1) is 3.27. The summed E-state index contributed by atoms with van der Waals surface area (Å²) < 4.78 is 0. The maximum absolute atomic E-state index is 5.19. The Kier molecular flexibility index (Phi) is 4.17. The SMILES string of the molecule is [B]CC=BC(C)C. The van der Waals surface area contributed by atoms with Crippen LogP contribution >= 0.6 is 0 Å². The summed E-state index contributed by atoms with van der Waals surface area (Å²) in [5, 5.41) is 0. The molecule has 0 spiro atoms. The van der Waals surface area contributed by atoms with Crippen molar-refractivity contribution in [1.29, 1.82) is 0 Å². The van der Waals surface area contributed by atoms with E-state index >= 15 is 0 Å². The Hall–Kier alpha value is -0.000130. The molecule has 0 rings (SSSR count). The van der Waals surface area contributed by atoms with Crippen LogP contribution in [0, 0.1) is 0 Å². The van der Waals surface area contributed by atoms with Crippen molar-refractivity contribution in [3.63, 3.8) is 0 Å². The van der Waals surface area contributed by atoms with Gasteiger partial charge in [0.05, 0.1) is 0 Å². The van der Waals surface area contributed by atoms with Crippen LogP contribution in [-0.2, 0) is 0 Å². The van der Waals surface area contributed by atoms with E-state index < -0.39 is 0 Å². The van der Waals surface area contributed by atoms with E-state index in [1.165, 1.54) is 0 Å². The van der Waals surface area contributed by atoms with Crippen LogP contribution < -0.4 is 0 Å². The van der Waals surface area contributed by atoms with Gasteiger partial charge in [-0.1, -0.05) is 0 Å². The summed E-state index contributed by atoms with van der Waals surface area (Å²) in [6, 6.07) is 0. The summed E-state index contributed by atoms with van der Waals surface area (Å²) in [5.74, 6) is 2.62. The van der Waals surface area contributed by atoms with E-state index in [0.29, 0.717) is 12.1 Å². The van der Waals surface area contributed by atoms with Gasteiger partial charge in [0.25, 0.3) is 0 Å². The van der Waals surface area contributed by atoms with E-state index in [9.17, 15) is 0 Å². The van der Waals surface area contributed by atoms with Crippen LogP contribution in [0.3, 0.4) is 0 Å². The van der Waals surface area contributed by atoms with Gasteiger partial charge in [-0.15, -0.1) is 0 Å². The Morgan fingerprint density at radius 1 is 1.71 bits per heavy atom. The van der Waals surface area contributed by atoms with Gasteiger partial charge in [-0.25, -0.2) is 0 Å². The summed E-state index contributed by atoms with van der Waals surface area (Å²) >= 11 is 0. The Bertz CT molecular complexity index is 57.1. The van der Waals surface area contributed by atoms with Crippen LogP contribution in [0.25, 0.3) is 0 Å². The molecule has 0 heterocycles. The quantitative estimate of drug-likeness (QED) is 0.444. The molecule has 0 aromatic heterocycles. The average molecular weight is 91.8 g/mol. The first kappa shape index (κ1) is 7.00. The first-order valence-corrected chi connectivity index (χ1v) is 2.64. The molecule has 0 fully saturated rings. The van der Waals surface area contributed by atoms with Crippen molar-refractivity contribution < 1.29 is 0 Å². The molecular weight excluding hydrogens is 81.7 g/mol. The van der Waals surface area contributed by atoms with Gasteiger partial charge in [0.1, 0.15) is 0 Å². The second-order valence-corrected chi connectivity index (χ2v) is 1.91. The molecule has 7 heavy (non-hydrogen) atoms. The second-order valence-electron chi connectivity index (χ2n) is 1.91. The predicted octanol–water partition coefficient (Wildman–Crippen LogP) is 0.908. The summed E-state index contributed by atoms with van der Waals surface area (Å²) in [5.41, 5.74) is 0. The first-order valence-electron chi connectivity index (χ1n) is 2.64. The summed E-state index contributed by atoms with van der Waals surface area (Å²) in [6.07, 6.45) is 0.665. The van der Waals surface area contributed by atoms with E-state index in [2.05, 4.69) is 20.8 Å². The summed E-state index contributed by atoms with van der Waals surface area (Å²) in [4.78, 5) is 0. The molecule has 0 nitrogen and oxygen atoms in total. The molecule has 0 N–H and O–H groups in total. The van der Waals surface area contributed by atoms with Gasteiger partial charge < -0.3 is 0 Å². The summed E-state index contributed by atoms with van der Waals surface area (Å²) in [7, 11) is 5.19. The van der Waals surface area contributed by atoms with Gasteiger partial charge in [-0.05, 0) is 0 Å². The van der Waals surface area contributed by atoms with Crippen molar-refractivity contribution >= 4 is 20.7 Å². The van der Waals surface area contributed by atoms with E-state index in [-0.39, 0.29) is 0 Å². The molecule has 0 saturated heterocycles. The zero-order chi connectivity index (χ0) is 5.70. The molecule has 0 saturated carbocycles. The Labute approximate surface area is 47.6 Å². The van der Waals surface area contributed by atoms with Crippen LogP contribution in [0.1, 0.15) is 13.8 Å². The van der Waals surface area contributed by atoms with Gasteiger partial charge in [0, 0.05) is 0 Å². The molecule has 0 aromatic rings. The Balaban J connectivity index is 3.08. The molecule has 2 radical (unpaired) electrons.